The van der Waals surface area contributed by atoms with Crippen molar-refractivity contribution in [2.24, 2.45) is 0 Å². The van der Waals surface area contributed by atoms with Crippen molar-refractivity contribution in [2.75, 3.05) is 13.2 Å². The standard InChI is InChI=1S/C30H26N2O8S/c33-23-16-17-32(30(41)31-23)26-25(40-29(36)21-14-8-3-9-15-21)24(39-28(35)20-12-6-2-7-13-20)22(38-26)18-37-27(34)19-10-4-1-5-11-19/h1-15,22,24-26H,16-18H2,(H,31,33,41). The molecule has 41 heavy (non-hydrogen) atoms. The van der Waals surface area contributed by atoms with E-state index >= 15 is 0 Å². The summed E-state index contributed by atoms with van der Waals surface area (Å²) in [5, 5.41) is 2.66. The Bertz CT molecular complexity index is 1420. The number of amides is 1. The van der Waals surface area contributed by atoms with E-state index in [0.29, 0.717) is 5.56 Å². The highest BCUT2D eigenvalue weighted by Crippen LogP contribution is 2.32. The van der Waals surface area contributed by atoms with Gasteiger partial charge in [0.25, 0.3) is 0 Å². The number of hydrogen-bond acceptors (Lipinski definition) is 9. The molecule has 210 valence electrons. The SMILES string of the molecule is O=C1CCN(C2OC(COC(=O)c3ccccc3)C(OC(=O)c3ccccc3)C2OC(=O)c2ccccc2)C(=S)N1. The first-order chi connectivity index (χ1) is 19.9. The highest BCUT2D eigenvalue weighted by atomic mass is 32.1. The molecule has 0 radical (unpaired) electrons. The van der Waals surface area contributed by atoms with Crippen molar-refractivity contribution in [2.45, 2.75) is 31.0 Å². The van der Waals surface area contributed by atoms with Crippen LogP contribution in [0, 0.1) is 0 Å². The first kappa shape index (κ1) is 27.9. The van der Waals surface area contributed by atoms with Gasteiger partial charge in [0.15, 0.2) is 23.5 Å². The zero-order chi connectivity index (χ0) is 28.8. The fourth-order valence-corrected chi connectivity index (χ4v) is 4.84. The summed E-state index contributed by atoms with van der Waals surface area (Å²) in [6, 6.07) is 25.0. The van der Waals surface area contributed by atoms with Crippen LogP contribution in [-0.4, -0.2) is 71.5 Å². The van der Waals surface area contributed by atoms with E-state index in [-0.39, 0.29) is 41.7 Å². The van der Waals surface area contributed by atoms with Crippen molar-refractivity contribution >= 4 is 41.1 Å². The van der Waals surface area contributed by atoms with Gasteiger partial charge in [-0.25, -0.2) is 14.4 Å². The van der Waals surface area contributed by atoms with E-state index in [4.69, 9.17) is 31.2 Å². The largest absolute Gasteiger partial charge is 0.459 e. The highest BCUT2D eigenvalue weighted by molar-refractivity contribution is 7.80. The van der Waals surface area contributed by atoms with Crippen molar-refractivity contribution in [3.8, 4) is 0 Å². The van der Waals surface area contributed by atoms with Gasteiger partial charge in [-0.15, -0.1) is 0 Å². The van der Waals surface area contributed by atoms with Gasteiger partial charge in [0.1, 0.15) is 12.7 Å². The lowest BCUT2D eigenvalue weighted by atomic mass is 10.1. The molecule has 2 saturated heterocycles. The molecule has 2 aliphatic heterocycles. The quantitative estimate of drug-likeness (QED) is 0.244. The highest BCUT2D eigenvalue weighted by Gasteiger charge is 2.53. The molecule has 4 unspecified atom stereocenters. The van der Waals surface area contributed by atoms with E-state index in [9.17, 15) is 19.2 Å². The summed E-state index contributed by atoms with van der Waals surface area (Å²) in [6.45, 7) is -0.145. The van der Waals surface area contributed by atoms with Gasteiger partial charge in [-0.1, -0.05) is 54.6 Å². The molecule has 3 aromatic carbocycles. The average Bonchev–Trinajstić information content (AvgIpc) is 3.33. The Labute approximate surface area is 241 Å². The molecule has 1 N–H and O–H groups in total. The molecule has 2 heterocycles. The second kappa shape index (κ2) is 12.7. The van der Waals surface area contributed by atoms with Crippen LogP contribution in [0.3, 0.4) is 0 Å². The molecule has 0 spiro atoms. The number of hydrogen-bond donors (Lipinski definition) is 1. The molecule has 1 amide bonds. The van der Waals surface area contributed by atoms with Crippen molar-refractivity contribution < 1.29 is 38.1 Å². The smallest absolute Gasteiger partial charge is 0.338 e. The van der Waals surface area contributed by atoms with Crippen LogP contribution in [-0.2, 0) is 23.7 Å². The number of nitrogens with one attached hydrogen (secondary N) is 1. The summed E-state index contributed by atoms with van der Waals surface area (Å²) in [7, 11) is 0. The fourth-order valence-electron chi connectivity index (χ4n) is 4.53. The zero-order valence-corrected chi connectivity index (χ0v) is 22.5. The lowest BCUT2D eigenvalue weighted by molar-refractivity contribution is -0.124. The third-order valence-electron chi connectivity index (χ3n) is 6.57. The lowest BCUT2D eigenvalue weighted by Gasteiger charge is -2.36. The normalized spacial score (nSPS) is 22.0. The van der Waals surface area contributed by atoms with Gasteiger partial charge >= 0.3 is 17.9 Å². The van der Waals surface area contributed by atoms with Crippen molar-refractivity contribution in [3.05, 3.63) is 108 Å². The maximum Gasteiger partial charge on any atom is 0.338 e. The van der Waals surface area contributed by atoms with Crippen LogP contribution in [0.4, 0.5) is 0 Å². The molecule has 0 aromatic heterocycles. The summed E-state index contributed by atoms with van der Waals surface area (Å²) in [4.78, 5) is 52.6. The molecule has 2 fully saturated rings. The van der Waals surface area contributed by atoms with Gasteiger partial charge in [0, 0.05) is 13.0 Å². The average molecular weight is 575 g/mol. The van der Waals surface area contributed by atoms with E-state index in [1.165, 1.54) is 0 Å². The molecular weight excluding hydrogens is 548 g/mol. The lowest BCUT2D eigenvalue weighted by Crippen LogP contribution is -2.57. The van der Waals surface area contributed by atoms with Crippen molar-refractivity contribution in [3.63, 3.8) is 0 Å². The van der Waals surface area contributed by atoms with E-state index in [1.54, 1.807) is 95.9 Å². The van der Waals surface area contributed by atoms with Crippen LogP contribution in [0.1, 0.15) is 37.5 Å². The van der Waals surface area contributed by atoms with Crippen LogP contribution in [0.15, 0.2) is 91.0 Å². The molecule has 11 heteroatoms. The van der Waals surface area contributed by atoms with Crippen molar-refractivity contribution in [1.29, 1.82) is 0 Å². The molecule has 5 rings (SSSR count). The van der Waals surface area contributed by atoms with E-state index in [1.807, 2.05) is 0 Å². The number of benzene rings is 3. The molecule has 10 nitrogen and oxygen atoms in total. The van der Waals surface area contributed by atoms with E-state index in [2.05, 4.69) is 5.32 Å². The minimum atomic E-state index is -1.19. The third kappa shape index (κ3) is 6.59. The van der Waals surface area contributed by atoms with Gasteiger partial charge in [0.05, 0.1) is 16.7 Å². The van der Waals surface area contributed by atoms with E-state index < -0.39 is 42.4 Å². The second-order valence-electron chi connectivity index (χ2n) is 9.30. The Morgan fingerprint density at radius 1 is 0.780 bits per heavy atom. The molecule has 0 saturated carbocycles. The molecule has 3 aromatic rings. The van der Waals surface area contributed by atoms with Crippen LogP contribution in [0.2, 0.25) is 0 Å². The summed E-state index contributed by atoms with van der Waals surface area (Å²) in [5.41, 5.74) is 0.865. The Morgan fingerprint density at radius 3 is 1.78 bits per heavy atom. The number of thiocarbonyl (C=S) groups is 1. The summed E-state index contributed by atoms with van der Waals surface area (Å²) < 4.78 is 23.6. The topological polar surface area (TPSA) is 120 Å². The first-order valence-corrected chi connectivity index (χ1v) is 13.3. The number of esters is 3. The summed E-state index contributed by atoms with van der Waals surface area (Å²) in [6.07, 6.45) is -4.35. The first-order valence-electron chi connectivity index (χ1n) is 12.9. The molecule has 0 bridgehead atoms. The second-order valence-corrected chi connectivity index (χ2v) is 9.68. The van der Waals surface area contributed by atoms with Gasteiger partial charge < -0.3 is 29.2 Å². The number of nitrogens with zero attached hydrogens (tertiary/aromatic N) is 1. The van der Waals surface area contributed by atoms with Crippen LogP contribution in [0.5, 0.6) is 0 Å². The number of ether oxygens (including phenoxy) is 4. The maximum atomic E-state index is 13.2. The van der Waals surface area contributed by atoms with Crippen molar-refractivity contribution in [1.82, 2.24) is 10.2 Å². The monoisotopic (exact) mass is 574 g/mol. The Kier molecular flexibility index (Phi) is 8.66. The summed E-state index contributed by atoms with van der Waals surface area (Å²) in [5.74, 6) is -2.24. The molecule has 4 atom stereocenters. The van der Waals surface area contributed by atoms with Gasteiger partial charge in [0.2, 0.25) is 5.91 Å². The van der Waals surface area contributed by atoms with Crippen LogP contribution < -0.4 is 5.32 Å². The summed E-state index contributed by atoms with van der Waals surface area (Å²) >= 11 is 5.39. The third-order valence-corrected chi connectivity index (χ3v) is 6.91. The molecular formula is C30H26N2O8S. The number of carbonyl (C=O) groups is 4. The van der Waals surface area contributed by atoms with Gasteiger partial charge in [-0.3, -0.25) is 4.79 Å². The fraction of sp³-hybridized carbons (Fsp3) is 0.233. The van der Waals surface area contributed by atoms with Crippen LogP contribution >= 0.6 is 12.2 Å². The minimum Gasteiger partial charge on any atom is -0.459 e. The number of carbonyl (C=O) groups excluding carboxylic acids is 4. The predicted octanol–water partition coefficient (Wildman–Crippen LogP) is 3.13. The van der Waals surface area contributed by atoms with Crippen LogP contribution in [0.25, 0.3) is 0 Å². The Morgan fingerprint density at radius 2 is 1.27 bits per heavy atom. The molecule has 2 aliphatic rings. The molecule has 0 aliphatic carbocycles. The predicted molar refractivity (Wildman–Crippen MR) is 149 cm³/mol. The van der Waals surface area contributed by atoms with E-state index in [0.717, 1.165) is 0 Å². The Balaban J connectivity index is 1.45. The van der Waals surface area contributed by atoms with Gasteiger partial charge in [-0.05, 0) is 48.6 Å². The Hall–Kier alpha value is -4.61. The minimum absolute atomic E-state index is 0.0714. The van der Waals surface area contributed by atoms with Gasteiger partial charge in [-0.2, -0.15) is 0 Å². The zero-order valence-electron chi connectivity index (χ0n) is 21.7. The number of rotatable bonds is 8. The maximum absolute atomic E-state index is 13.2.